The summed E-state index contributed by atoms with van der Waals surface area (Å²) >= 11 is 6.05. The van der Waals surface area contributed by atoms with Crippen LogP contribution in [-0.2, 0) is 4.79 Å². The van der Waals surface area contributed by atoms with Crippen LogP contribution >= 0.6 is 24.0 Å². The fourth-order valence-corrected chi connectivity index (χ4v) is 1.84. The summed E-state index contributed by atoms with van der Waals surface area (Å²) in [5, 5.41) is 3.44. The van der Waals surface area contributed by atoms with E-state index in [-0.39, 0.29) is 30.5 Å². The smallest absolute Gasteiger partial charge is 0.220 e. The van der Waals surface area contributed by atoms with Gasteiger partial charge in [-0.15, -0.1) is 12.4 Å². The molecule has 0 aromatic heterocycles. The van der Waals surface area contributed by atoms with Gasteiger partial charge in [0.1, 0.15) is 11.9 Å². The van der Waals surface area contributed by atoms with Crippen molar-refractivity contribution < 1.29 is 9.53 Å². The molecular weight excluding hydrogens is 311 g/mol. The van der Waals surface area contributed by atoms with Crippen molar-refractivity contribution in [1.82, 2.24) is 5.32 Å². The van der Waals surface area contributed by atoms with Gasteiger partial charge in [0.15, 0.2) is 0 Å². The second kappa shape index (κ2) is 10.7. The summed E-state index contributed by atoms with van der Waals surface area (Å²) in [6, 6.07) is 7.37. The lowest BCUT2D eigenvalue weighted by atomic mass is 10.2. The zero-order valence-electron chi connectivity index (χ0n) is 12.5. The highest BCUT2D eigenvalue weighted by atomic mass is 35.5. The monoisotopic (exact) mass is 334 g/mol. The predicted molar refractivity (Wildman–Crippen MR) is 89.3 cm³/mol. The number of nitrogens with one attached hydrogen (secondary N) is 1. The number of carbonyl (C=O) groups is 1. The normalized spacial score (nSPS) is 13.0. The molecule has 4 nitrogen and oxygen atoms in total. The minimum atomic E-state index is -0.0888. The molecule has 0 bridgehead atoms. The maximum atomic E-state index is 11.6. The molecular formula is C15H24Cl2N2O2. The number of para-hydroxylation sites is 1. The van der Waals surface area contributed by atoms with Crippen molar-refractivity contribution in [2.75, 3.05) is 6.54 Å². The van der Waals surface area contributed by atoms with Gasteiger partial charge in [-0.2, -0.15) is 0 Å². The van der Waals surface area contributed by atoms with Crippen molar-refractivity contribution in [1.29, 1.82) is 0 Å². The number of hydrogen-bond acceptors (Lipinski definition) is 3. The fourth-order valence-electron chi connectivity index (χ4n) is 1.66. The van der Waals surface area contributed by atoms with Gasteiger partial charge in [0.05, 0.1) is 11.6 Å². The summed E-state index contributed by atoms with van der Waals surface area (Å²) in [7, 11) is 0. The SMILES string of the molecule is CCC(CNC(=O)CCC(C)N)Oc1ccccc1Cl.Cl. The molecule has 0 heterocycles. The van der Waals surface area contributed by atoms with Crippen LogP contribution in [0, 0.1) is 0 Å². The standard InChI is InChI=1S/C15H23ClN2O2.ClH/c1-3-12(10-18-15(19)9-8-11(2)17)20-14-7-5-4-6-13(14)16;/h4-7,11-12H,3,8-10,17H2,1-2H3,(H,18,19);1H. The van der Waals surface area contributed by atoms with Crippen LogP contribution in [0.15, 0.2) is 24.3 Å². The minimum Gasteiger partial charge on any atom is -0.487 e. The number of hydrogen-bond donors (Lipinski definition) is 2. The van der Waals surface area contributed by atoms with Gasteiger partial charge in [0.25, 0.3) is 0 Å². The van der Waals surface area contributed by atoms with Crippen molar-refractivity contribution >= 4 is 29.9 Å². The molecule has 0 aliphatic carbocycles. The van der Waals surface area contributed by atoms with E-state index in [1.807, 2.05) is 32.0 Å². The molecule has 6 heteroatoms. The van der Waals surface area contributed by atoms with E-state index in [1.54, 1.807) is 6.07 Å². The van der Waals surface area contributed by atoms with Crippen LogP contribution in [0.25, 0.3) is 0 Å². The van der Waals surface area contributed by atoms with Gasteiger partial charge in [-0.25, -0.2) is 0 Å². The molecule has 2 atom stereocenters. The Bertz CT molecular complexity index is 428. The maximum absolute atomic E-state index is 11.6. The van der Waals surface area contributed by atoms with Crippen LogP contribution in [0.1, 0.15) is 33.1 Å². The molecule has 0 aliphatic heterocycles. The third-order valence-corrected chi connectivity index (χ3v) is 3.25. The van der Waals surface area contributed by atoms with E-state index in [1.165, 1.54) is 0 Å². The summed E-state index contributed by atoms with van der Waals surface area (Å²) in [6.07, 6.45) is 1.83. The molecule has 1 aromatic rings. The molecule has 2 unspecified atom stereocenters. The molecule has 0 fully saturated rings. The second-order valence-corrected chi connectivity index (χ2v) is 5.31. The van der Waals surface area contributed by atoms with Crippen molar-refractivity contribution in [3.05, 3.63) is 29.3 Å². The molecule has 0 aliphatic rings. The highest BCUT2D eigenvalue weighted by Gasteiger charge is 2.12. The maximum Gasteiger partial charge on any atom is 0.220 e. The van der Waals surface area contributed by atoms with Crippen LogP contribution in [0.3, 0.4) is 0 Å². The Kier molecular flexibility index (Phi) is 10.2. The topological polar surface area (TPSA) is 64.4 Å². The summed E-state index contributed by atoms with van der Waals surface area (Å²) < 4.78 is 5.80. The van der Waals surface area contributed by atoms with E-state index in [0.717, 1.165) is 6.42 Å². The van der Waals surface area contributed by atoms with Crippen LogP contribution in [0.4, 0.5) is 0 Å². The van der Waals surface area contributed by atoms with E-state index < -0.39 is 0 Å². The molecule has 0 saturated heterocycles. The van der Waals surface area contributed by atoms with Crippen LogP contribution < -0.4 is 15.8 Å². The Morgan fingerprint density at radius 3 is 2.67 bits per heavy atom. The summed E-state index contributed by atoms with van der Waals surface area (Å²) in [5.41, 5.74) is 5.62. The molecule has 1 rings (SSSR count). The zero-order chi connectivity index (χ0) is 15.0. The predicted octanol–water partition coefficient (Wildman–Crippen LogP) is 3.16. The van der Waals surface area contributed by atoms with Crippen molar-refractivity contribution in [2.45, 2.75) is 45.3 Å². The fraction of sp³-hybridized carbons (Fsp3) is 0.533. The molecule has 3 N–H and O–H groups in total. The van der Waals surface area contributed by atoms with E-state index in [2.05, 4.69) is 5.32 Å². The number of ether oxygens (including phenoxy) is 1. The second-order valence-electron chi connectivity index (χ2n) is 4.90. The van der Waals surface area contributed by atoms with Crippen LogP contribution in [0.5, 0.6) is 5.75 Å². The molecule has 120 valence electrons. The Labute approximate surface area is 137 Å². The number of nitrogens with two attached hydrogens (primary N) is 1. The first-order valence-electron chi connectivity index (χ1n) is 6.96. The van der Waals surface area contributed by atoms with Crippen LogP contribution in [-0.4, -0.2) is 24.6 Å². The summed E-state index contributed by atoms with van der Waals surface area (Å²) in [4.78, 5) is 11.6. The van der Waals surface area contributed by atoms with E-state index in [0.29, 0.717) is 30.2 Å². The summed E-state index contributed by atoms with van der Waals surface area (Å²) in [6.45, 7) is 4.37. The van der Waals surface area contributed by atoms with Gasteiger partial charge in [0, 0.05) is 12.5 Å². The van der Waals surface area contributed by atoms with Crippen molar-refractivity contribution in [2.24, 2.45) is 5.73 Å². The quantitative estimate of drug-likeness (QED) is 0.767. The number of amides is 1. The van der Waals surface area contributed by atoms with Gasteiger partial charge in [0.2, 0.25) is 5.91 Å². The first-order chi connectivity index (χ1) is 9.52. The third-order valence-electron chi connectivity index (χ3n) is 2.94. The molecule has 1 amide bonds. The number of benzene rings is 1. The van der Waals surface area contributed by atoms with E-state index >= 15 is 0 Å². The number of rotatable bonds is 8. The lowest BCUT2D eigenvalue weighted by Crippen LogP contribution is -2.35. The zero-order valence-corrected chi connectivity index (χ0v) is 14.0. The third kappa shape index (κ3) is 8.15. The van der Waals surface area contributed by atoms with Crippen molar-refractivity contribution in [3.63, 3.8) is 0 Å². The first-order valence-corrected chi connectivity index (χ1v) is 7.34. The van der Waals surface area contributed by atoms with Gasteiger partial charge in [-0.1, -0.05) is 30.7 Å². The highest BCUT2D eigenvalue weighted by Crippen LogP contribution is 2.24. The molecule has 21 heavy (non-hydrogen) atoms. The molecule has 1 aromatic carbocycles. The van der Waals surface area contributed by atoms with Crippen LogP contribution in [0.2, 0.25) is 5.02 Å². The van der Waals surface area contributed by atoms with Gasteiger partial charge < -0.3 is 15.8 Å². The molecule has 0 radical (unpaired) electrons. The Hall–Kier alpha value is -0.970. The first kappa shape index (κ1) is 20.0. The van der Waals surface area contributed by atoms with Gasteiger partial charge in [-0.05, 0) is 31.9 Å². The Morgan fingerprint density at radius 2 is 2.10 bits per heavy atom. The van der Waals surface area contributed by atoms with Gasteiger partial charge >= 0.3 is 0 Å². The van der Waals surface area contributed by atoms with E-state index in [4.69, 9.17) is 22.1 Å². The minimum absolute atomic E-state index is 0. The summed E-state index contributed by atoms with van der Waals surface area (Å²) in [5.74, 6) is 0.648. The van der Waals surface area contributed by atoms with Crippen molar-refractivity contribution in [3.8, 4) is 5.75 Å². The lowest BCUT2D eigenvalue weighted by molar-refractivity contribution is -0.121. The molecule has 0 spiro atoms. The number of carbonyl (C=O) groups excluding carboxylic acids is 1. The largest absolute Gasteiger partial charge is 0.487 e. The highest BCUT2D eigenvalue weighted by molar-refractivity contribution is 6.32. The average Bonchev–Trinajstić information content (AvgIpc) is 2.43. The van der Waals surface area contributed by atoms with E-state index in [9.17, 15) is 4.79 Å². The number of halogens is 2. The molecule has 0 saturated carbocycles. The van der Waals surface area contributed by atoms with Gasteiger partial charge in [-0.3, -0.25) is 4.79 Å². The lowest BCUT2D eigenvalue weighted by Gasteiger charge is -2.19. The Balaban J connectivity index is 0.00000400. The average molecular weight is 335 g/mol. The Morgan fingerprint density at radius 1 is 1.43 bits per heavy atom.